The summed E-state index contributed by atoms with van der Waals surface area (Å²) in [5, 5.41) is 9.66. The van der Waals surface area contributed by atoms with Crippen LogP contribution in [0.15, 0.2) is 35.6 Å². The summed E-state index contributed by atoms with van der Waals surface area (Å²) < 4.78 is 1.85. The number of amides is 2. The number of rotatable bonds is 8. The first kappa shape index (κ1) is 24.5. The van der Waals surface area contributed by atoms with E-state index in [1.54, 1.807) is 16.7 Å². The summed E-state index contributed by atoms with van der Waals surface area (Å²) in [7, 11) is 0. The summed E-state index contributed by atoms with van der Waals surface area (Å²) in [5.74, 6) is 0.485. The molecule has 3 aromatic rings. The average Bonchev–Trinajstić information content (AvgIpc) is 3.59. The van der Waals surface area contributed by atoms with Gasteiger partial charge in [-0.25, -0.2) is 14.6 Å². The van der Waals surface area contributed by atoms with Gasteiger partial charge in [0.2, 0.25) is 11.8 Å². The van der Waals surface area contributed by atoms with Crippen molar-refractivity contribution in [3.8, 4) is 0 Å². The predicted octanol–water partition coefficient (Wildman–Crippen LogP) is 3.40. The number of carbonyl (C=O) groups is 2. The second kappa shape index (κ2) is 10.5. The van der Waals surface area contributed by atoms with E-state index in [4.69, 9.17) is 9.97 Å². The molecule has 2 fully saturated rings. The first-order chi connectivity index (χ1) is 17.4. The highest BCUT2D eigenvalue weighted by Crippen LogP contribution is 2.30. The second-order valence-electron chi connectivity index (χ2n) is 9.83. The molecule has 1 atom stereocenters. The number of thioether (sulfide) groups is 1. The molecule has 190 valence electrons. The first-order valence-corrected chi connectivity index (χ1v) is 13.6. The molecular formula is C26H33N7O2S. The summed E-state index contributed by atoms with van der Waals surface area (Å²) in [6.07, 6.45) is 4.41. The van der Waals surface area contributed by atoms with E-state index in [-0.39, 0.29) is 24.2 Å². The Morgan fingerprint density at radius 3 is 2.64 bits per heavy atom. The van der Waals surface area contributed by atoms with E-state index in [0.29, 0.717) is 24.9 Å². The van der Waals surface area contributed by atoms with Crippen molar-refractivity contribution < 1.29 is 9.59 Å². The molecule has 0 saturated carbocycles. The lowest BCUT2D eigenvalue weighted by atomic mass is 10.1. The molecule has 0 bridgehead atoms. The Bertz CT molecular complexity index is 1250. The zero-order chi connectivity index (χ0) is 25.2. The minimum absolute atomic E-state index is 0.0154. The summed E-state index contributed by atoms with van der Waals surface area (Å²) in [4.78, 5) is 39.1. The van der Waals surface area contributed by atoms with E-state index in [1.165, 1.54) is 12.8 Å². The number of anilines is 2. The highest BCUT2D eigenvalue weighted by Gasteiger charge is 2.35. The second-order valence-corrected chi connectivity index (χ2v) is 11.4. The number of nitrogens with zero attached hydrogens (tertiary/aromatic N) is 6. The van der Waals surface area contributed by atoms with Gasteiger partial charge in [0.15, 0.2) is 10.8 Å². The highest BCUT2D eigenvalue weighted by molar-refractivity contribution is 7.99. The molecule has 1 N–H and O–H groups in total. The molecule has 4 heterocycles. The van der Waals surface area contributed by atoms with E-state index < -0.39 is 0 Å². The Balaban J connectivity index is 1.25. The van der Waals surface area contributed by atoms with Crippen LogP contribution >= 0.6 is 11.8 Å². The predicted molar refractivity (Wildman–Crippen MR) is 142 cm³/mol. The number of fused-ring (bicyclic) bond motifs is 1. The topological polar surface area (TPSA) is 96.2 Å². The van der Waals surface area contributed by atoms with Crippen LogP contribution in [0.25, 0.3) is 11.0 Å². The van der Waals surface area contributed by atoms with Crippen LogP contribution in [0.5, 0.6) is 0 Å². The fraction of sp³-hybridized carbons (Fsp3) is 0.500. The molecule has 36 heavy (non-hydrogen) atoms. The van der Waals surface area contributed by atoms with Crippen LogP contribution in [-0.2, 0) is 16.1 Å². The molecule has 2 amide bonds. The Morgan fingerprint density at radius 1 is 1.17 bits per heavy atom. The van der Waals surface area contributed by atoms with E-state index in [2.05, 4.69) is 29.2 Å². The zero-order valence-corrected chi connectivity index (χ0v) is 21.9. The van der Waals surface area contributed by atoms with Gasteiger partial charge in [-0.15, -0.1) is 0 Å². The lowest BCUT2D eigenvalue weighted by molar-refractivity contribution is -0.126. The van der Waals surface area contributed by atoms with Crippen LogP contribution in [0.2, 0.25) is 0 Å². The van der Waals surface area contributed by atoms with Gasteiger partial charge in [-0.05, 0) is 31.9 Å². The molecule has 10 heteroatoms. The maximum atomic E-state index is 12.9. The standard InChI is InChI=1S/C26H33N7O2S/c1-17(2)36-26-29-23(31-11-4-5-12-31)21-15-28-33(24(21)30-26)13-10-27-25(35)19-14-22(34)32(16-19)20-8-6-18(3)7-9-20/h6-9,15,17,19H,4-5,10-14,16H2,1-3H3,(H,27,35). The Labute approximate surface area is 215 Å². The number of hydrogen-bond acceptors (Lipinski definition) is 7. The van der Waals surface area contributed by atoms with Crippen LogP contribution in [0.1, 0.15) is 38.7 Å². The van der Waals surface area contributed by atoms with E-state index in [1.807, 2.05) is 42.1 Å². The van der Waals surface area contributed by atoms with Gasteiger partial charge in [-0.2, -0.15) is 5.10 Å². The maximum absolute atomic E-state index is 12.9. The molecule has 0 radical (unpaired) electrons. The van der Waals surface area contributed by atoms with Crippen LogP contribution in [0.3, 0.4) is 0 Å². The van der Waals surface area contributed by atoms with Crippen molar-refractivity contribution in [2.24, 2.45) is 5.92 Å². The molecule has 0 aliphatic carbocycles. The summed E-state index contributed by atoms with van der Waals surface area (Å²) in [6, 6.07) is 7.82. The molecule has 2 aliphatic heterocycles. The molecule has 1 aromatic carbocycles. The van der Waals surface area contributed by atoms with Gasteiger partial charge in [-0.3, -0.25) is 9.59 Å². The fourth-order valence-electron chi connectivity index (χ4n) is 4.80. The lowest BCUT2D eigenvalue weighted by Gasteiger charge is -2.18. The van der Waals surface area contributed by atoms with Crippen molar-refractivity contribution in [3.63, 3.8) is 0 Å². The quantitative estimate of drug-likeness (QED) is 0.369. The van der Waals surface area contributed by atoms with E-state index in [0.717, 1.165) is 46.3 Å². The minimum atomic E-state index is -0.355. The molecule has 5 rings (SSSR count). The average molecular weight is 508 g/mol. The van der Waals surface area contributed by atoms with Gasteiger partial charge in [0.05, 0.1) is 24.0 Å². The molecule has 2 aliphatic rings. The maximum Gasteiger partial charge on any atom is 0.227 e. The Hall–Kier alpha value is -3.14. The van der Waals surface area contributed by atoms with E-state index in [9.17, 15) is 9.59 Å². The summed E-state index contributed by atoms with van der Waals surface area (Å²) in [6.45, 7) is 9.60. The van der Waals surface area contributed by atoms with Crippen molar-refractivity contribution in [3.05, 3.63) is 36.0 Å². The van der Waals surface area contributed by atoms with Crippen LogP contribution in [0.4, 0.5) is 11.5 Å². The minimum Gasteiger partial charge on any atom is -0.356 e. The molecule has 2 aromatic heterocycles. The summed E-state index contributed by atoms with van der Waals surface area (Å²) in [5.41, 5.74) is 2.77. The monoisotopic (exact) mass is 507 g/mol. The molecule has 1 unspecified atom stereocenters. The van der Waals surface area contributed by atoms with Crippen molar-refractivity contribution in [1.29, 1.82) is 0 Å². The number of benzene rings is 1. The van der Waals surface area contributed by atoms with Crippen molar-refractivity contribution in [2.75, 3.05) is 36.0 Å². The van der Waals surface area contributed by atoms with Crippen LogP contribution < -0.4 is 15.1 Å². The number of nitrogens with one attached hydrogen (secondary N) is 1. The third-order valence-corrected chi connectivity index (χ3v) is 7.53. The molecular weight excluding hydrogens is 474 g/mol. The molecule has 0 spiro atoms. The smallest absolute Gasteiger partial charge is 0.227 e. The number of aromatic nitrogens is 4. The Morgan fingerprint density at radius 2 is 1.92 bits per heavy atom. The van der Waals surface area contributed by atoms with Gasteiger partial charge in [0.1, 0.15) is 5.82 Å². The summed E-state index contributed by atoms with van der Waals surface area (Å²) >= 11 is 1.65. The third-order valence-electron chi connectivity index (χ3n) is 6.67. The van der Waals surface area contributed by atoms with Crippen LogP contribution in [0, 0.1) is 12.8 Å². The Kier molecular flexibility index (Phi) is 7.13. The first-order valence-electron chi connectivity index (χ1n) is 12.7. The van der Waals surface area contributed by atoms with Crippen molar-refractivity contribution >= 4 is 46.1 Å². The van der Waals surface area contributed by atoms with Gasteiger partial charge in [0.25, 0.3) is 0 Å². The van der Waals surface area contributed by atoms with Gasteiger partial charge in [0, 0.05) is 43.5 Å². The largest absolute Gasteiger partial charge is 0.356 e. The normalized spacial score (nSPS) is 18.1. The van der Waals surface area contributed by atoms with Gasteiger partial charge < -0.3 is 15.1 Å². The van der Waals surface area contributed by atoms with Gasteiger partial charge in [-0.1, -0.05) is 43.3 Å². The van der Waals surface area contributed by atoms with Crippen molar-refractivity contribution in [2.45, 2.75) is 57.0 Å². The fourth-order valence-corrected chi connectivity index (χ4v) is 5.50. The van der Waals surface area contributed by atoms with E-state index >= 15 is 0 Å². The molecule has 2 saturated heterocycles. The highest BCUT2D eigenvalue weighted by atomic mass is 32.2. The van der Waals surface area contributed by atoms with Crippen LogP contribution in [-0.4, -0.2) is 63.0 Å². The zero-order valence-electron chi connectivity index (χ0n) is 21.1. The molecule has 9 nitrogen and oxygen atoms in total. The van der Waals surface area contributed by atoms with Gasteiger partial charge >= 0.3 is 0 Å². The number of aryl methyl sites for hydroxylation is 1. The lowest BCUT2D eigenvalue weighted by Crippen LogP contribution is -2.35. The number of carbonyl (C=O) groups excluding carboxylic acids is 2. The SMILES string of the molecule is Cc1ccc(N2CC(C(=O)NCCn3ncc4c(N5CCCC5)nc(SC(C)C)nc43)CC2=O)cc1. The number of hydrogen-bond donors (Lipinski definition) is 1. The van der Waals surface area contributed by atoms with Crippen molar-refractivity contribution in [1.82, 2.24) is 25.1 Å². The third kappa shape index (κ3) is 5.18.